The monoisotopic (exact) mass is 256 g/mol. The predicted octanol–water partition coefficient (Wildman–Crippen LogP) is 4.72. The van der Waals surface area contributed by atoms with Crippen molar-refractivity contribution in [3.63, 3.8) is 0 Å². The second-order valence-electron chi connectivity index (χ2n) is 5.24. The van der Waals surface area contributed by atoms with Crippen LogP contribution < -0.4 is 5.73 Å². The van der Waals surface area contributed by atoms with Gasteiger partial charge in [-0.15, -0.1) is 0 Å². The number of aromatic nitrogens is 1. The molecule has 1 aromatic carbocycles. The molecule has 0 saturated carbocycles. The van der Waals surface area contributed by atoms with Crippen LogP contribution in [-0.2, 0) is 6.42 Å². The maximum Gasteiger partial charge on any atom is 0.0725 e. The van der Waals surface area contributed by atoms with Gasteiger partial charge in [0.1, 0.15) is 0 Å². The first kappa shape index (κ1) is 13.9. The Hall–Kier alpha value is -1.57. The SMILES string of the molecule is CCCCCCCCc1cc(N)c2ccccc2n1. The van der Waals surface area contributed by atoms with Crippen LogP contribution in [0.25, 0.3) is 10.9 Å². The van der Waals surface area contributed by atoms with Crippen molar-refractivity contribution in [2.24, 2.45) is 0 Å². The molecule has 2 rings (SSSR count). The zero-order valence-corrected chi connectivity index (χ0v) is 11.9. The van der Waals surface area contributed by atoms with E-state index in [0.29, 0.717) is 0 Å². The summed E-state index contributed by atoms with van der Waals surface area (Å²) in [5, 5.41) is 1.06. The van der Waals surface area contributed by atoms with Gasteiger partial charge in [-0.25, -0.2) is 0 Å². The molecular formula is C17H24N2. The number of pyridine rings is 1. The van der Waals surface area contributed by atoms with E-state index in [4.69, 9.17) is 10.7 Å². The fraction of sp³-hybridized carbons (Fsp3) is 0.471. The standard InChI is InChI=1S/C17H24N2/c1-2-3-4-5-6-7-10-14-13-16(18)15-11-8-9-12-17(15)19-14/h8-9,11-13H,2-7,10H2,1H3,(H2,18,19). The number of hydrogen-bond donors (Lipinski definition) is 1. The van der Waals surface area contributed by atoms with Gasteiger partial charge in [-0.1, -0.05) is 57.2 Å². The van der Waals surface area contributed by atoms with E-state index in [1.807, 2.05) is 30.3 Å². The van der Waals surface area contributed by atoms with Crippen molar-refractivity contribution in [1.29, 1.82) is 0 Å². The number of nitrogens with two attached hydrogens (primary N) is 1. The van der Waals surface area contributed by atoms with E-state index in [-0.39, 0.29) is 0 Å². The van der Waals surface area contributed by atoms with Crippen molar-refractivity contribution in [2.45, 2.75) is 51.9 Å². The molecule has 0 radical (unpaired) electrons. The zero-order valence-electron chi connectivity index (χ0n) is 11.9. The number of aryl methyl sites for hydroxylation is 1. The van der Waals surface area contributed by atoms with Gasteiger partial charge in [-0.05, 0) is 25.0 Å². The molecule has 0 amide bonds. The number of unbranched alkanes of at least 4 members (excludes halogenated alkanes) is 5. The molecule has 102 valence electrons. The van der Waals surface area contributed by atoms with Crippen LogP contribution >= 0.6 is 0 Å². The highest BCUT2D eigenvalue weighted by Gasteiger charge is 2.02. The summed E-state index contributed by atoms with van der Waals surface area (Å²) in [5.41, 5.74) is 9.09. The quantitative estimate of drug-likeness (QED) is 0.728. The van der Waals surface area contributed by atoms with Gasteiger partial charge >= 0.3 is 0 Å². The molecule has 0 atom stereocenters. The van der Waals surface area contributed by atoms with Crippen molar-refractivity contribution >= 4 is 16.6 Å². The van der Waals surface area contributed by atoms with Crippen LogP contribution in [0.2, 0.25) is 0 Å². The molecule has 0 aliphatic carbocycles. The van der Waals surface area contributed by atoms with Crippen LogP contribution in [0, 0.1) is 0 Å². The molecule has 19 heavy (non-hydrogen) atoms. The molecule has 2 heteroatoms. The average Bonchev–Trinajstić information content (AvgIpc) is 2.43. The lowest BCUT2D eigenvalue weighted by Gasteiger charge is -2.06. The number of hydrogen-bond acceptors (Lipinski definition) is 2. The third-order valence-electron chi connectivity index (χ3n) is 3.59. The minimum Gasteiger partial charge on any atom is -0.398 e. The molecule has 1 aromatic heterocycles. The fourth-order valence-corrected chi connectivity index (χ4v) is 2.47. The first-order chi connectivity index (χ1) is 9.31. The van der Waals surface area contributed by atoms with Crippen LogP contribution in [0.4, 0.5) is 5.69 Å². The maximum absolute atomic E-state index is 6.09. The maximum atomic E-state index is 6.09. The van der Waals surface area contributed by atoms with Gasteiger partial charge in [-0.3, -0.25) is 4.98 Å². The largest absolute Gasteiger partial charge is 0.398 e. The molecule has 0 unspecified atom stereocenters. The number of fused-ring (bicyclic) bond motifs is 1. The van der Waals surface area contributed by atoms with E-state index in [1.54, 1.807) is 0 Å². The van der Waals surface area contributed by atoms with E-state index < -0.39 is 0 Å². The normalized spacial score (nSPS) is 11.0. The van der Waals surface area contributed by atoms with Gasteiger partial charge in [0.05, 0.1) is 5.52 Å². The number of rotatable bonds is 7. The van der Waals surface area contributed by atoms with Crippen LogP contribution in [0.5, 0.6) is 0 Å². The third kappa shape index (κ3) is 3.95. The summed E-state index contributed by atoms with van der Waals surface area (Å²) < 4.78 is 0. The molecular weight excluding hydrogens is 232 g/mol. The van der Waals surface area contributed by atoms with Crippen LogP contribution in [0.3, 0.4) is 0 Å². The molecule has 1 heterocycles. The predicted molar refractivity (Wildman–Crippen MR) is 83.2 cm³/mol. The lowest BCUT2D eigenvalue weighted by Crippen LogP contribution is -1.96. The smallest absolute Gasteiger partial charge is 0.0725 e. The van der Waals surface area contributed by atoms with Crippen LogP contribution in [-0.4, -0.2) is 4.98 Å². The second kappa shape index (κ2) is 7.13. The van der Waals surface area contributed by atoms with Gasteiger partial charge in [0.2, 0.25) is 0 Å². The van der Waals surface area contributed by atoms with Crippen molar-refractivity contribution in [2.75, 3.05) is 5.73 Å². The summed E-state index contributed by atoms with van der Waals surface area (Å²) in [4.78, 5) is 4.69. The summed E-state index contributed by atoms with van der Waals surface area (Å²) in [5.74, 6) is 0. The molecule has 0 bridgehead atoms. The van der Waals surface area contributed by atoms with Gasteiger partial charge in [-0.2, -0.15) is 0 Å². The third-order valence-corrected chi connectivity index (χ3v) is 3.59. The van der Waals surface area contributed by atoms with E-state index in [1.165, 1.54) is 38.5 Å². The Bertz CT molecular complexity index is 520. The lowest BCUT2D eigenvalue weighted by molar-refractivity contribution is 0.605. The topological polar surface area (TPSA) is 38.9 Å². The Balaban J connectivity index is 1.90. The Morgan fingerprint density at radius 2 is 1.74 bits per heavy atom. The van der Waals surface area contributed by atoms with E-state index in [2.05, 4.69) is 6.92 Å². The Morgan fingerprint density at radius 1 is 1.00 bits per heavy atom. The van der Waals surface area contributed by atoms with Crippen molar-refractivity contribution in [3.8, 4) is 0 Å². The van der Waals surface area contributed by atoms with E-state index in [0.717, 1.165) is 28.7 Å². The summed E-state index contributed by atoms with van der Waals surface area (Å²) in [6.07, 6.45) is 8.94. The summed E-state index contributed by atoms with van der Waals surface area (Å²) in [6.45, 7) is 2.25. The number of nitrogens with zero attached hydrogens (tertiary/aromatic N) is 1. The van der Waals surface area contributed by atoms with Crippen molar-refractivity contribution < 1.29 is 0 Å². The summed E-state index contributed by atoms with van der Waals surface area (Å²) in [7, 11) is 0. The Labute approximate surface area is 116 Å². The van der Waals surface area contributed by atoms with Gasteiger partial charge in [0.25, 0.3) is 0 Å². The highest BCUT2D eigenvalue weighted by Crippen LogP contribution is 2.21. The van der Waals surface area contributed by atoms with Gasteiger partial charge in [0, 0.05) is 16.8 Å². The van der Waals surface area contributed by atoms with Crippen LogP contribution in [0.15, 0.2) is 30.3 Å². The summed E-state index contributed by atoms with van der Waals surface area (Å²) >= 11 is 0. The second-order valence-corrected chi connectivity index (χ2v) is 5.24. The highest BCUT2D eigenvalue weighted by atomic mass is 14.7. The number of benzene rings is 1. The highest BCUT2D eigenvalue weighted by molar-refractivity contribution is 5.90. The lowest BCUT2D eigenvalue weighted by atomic mass is 10.1. The Kier molecular flexibility index (Phi) is 5.20. The molecule has 2 aromatic rings. The van der Waals surface area contributed by atoms with Crippen molar-refractivity contribution in [3.05, 3.63) is 36.0 Å². The molecule has 0 fully saturated rings. The zero-order chi connectivity index (χ0) is 13.5. The van der Waals surface area contributed by atoms with Crippen molar-refractivity contribution in [1.82, 2.24) is 4.98 Å². The first-order valence-electron chi connectivity index (χ1n) is 7.45. The molecule has 0 saturated heterocycles. The fourth-order valence-electron chi connectivity index (χ4n) is 2.47. The van der Waals surface area contributed by atoms with Gasteiger partial charge < -0.3 is 5.73 Å². The van der Waals surface area contributed by atoms with Gasteiger partial charge in [0.15, 0.2) is 0 Å². The molecule has 0 aliphatic heterocycles. The minimum atomic E-state index is 0.853. The number of anilines is 1. The Morgan fingerprint density at radius 3 is 2.58 bits per heavy atom. The number of para-hydroxylation sites is 1. The first-order valence-corrected chi connectivity index (χ1v) is 7.45. The van der Waals surface area contributed by atoms with Crippen LogP contribution in [0.1, 0.15) is 51.1 Å². The molecule has 2 nitrogen and oxygen atoms in total. The molecule has 2 N–H and O–H groups in total. The summed E-state index contributed by atoms with van der Waals surface area (Å²) in [6, 6.07) is 10.1. The molecule has 0 aliphatic rings. The van der Waals surface area contributed by atoms with E-state index in [9.17, 15) is 0 Å². The van der Waals surface area contributed by atoms with E-state index >= 15 is 0 Å². The molecule has 0 spiro atoms. The number of nitrogen functional groups attached to an aromatic ring is 1. The minimum absolute atomic E-state index is 0.853. The average molecular weight is 256 g/mol.